The fourth-order valence-corrected chi connectivity index (χ4v) is 2.28. The topological polar surface area (TPSA) is 68.4 Å². The van der Waals surface area contributed by atoms with E-state index in [1.807, 2.05) is 0 Å². The first-order valence-corrected chi connectivity index (χ1v) is 7.09. The molecule has 2 heterocycles. The molecule has 22 heavy (non-hydrogen) atoms. The van der Waals surface area contributed by atoms with Crippen LogP contribution >= 0.6 is 23.2 Å². The molecule has 0 aliphatic rings. The number of pyridine rings is 1. The van der Waals surface area contributed by atoms with Crippen molar-refractivity contribution in [2.24, 2.45) is 0 Å². The molecule has 0 spiro atoms. The monoisotopic (exact) mass is 336 g/mol. The summed E-state index contributed by atoms with van der Waals surface area (Å²) in [6.07, 6.45) is 1.60. The molecular weight excluding hydrogens is 327 g/mol. The third-order valence-electron chi connectivity index (χ3n) is 2.99. The van der Waals surface area contributed by atoms with Gasteiger partial charge in [0.15, 0.2) is 5.65 Å². The molecule has 2 aromatic heterocycles. The predicted molar refractivity (Wildman–Crippen MR) is 84.5 cm³/mol. The van der Waals surface area contributed by atoms with Gasteiger partial charge in [-0.15, -0.1) is 5.10 Å². The maximum Gasteiger partial charge on any atom is 0.350 e. The van der Waals surface area contributed by atoms with E-state index >= 15 is 0 Å². The Labute approximate surface area is 134 Å². The summed E-state index contributed by atoms with van der Waals surface area (Å²) < 4.78 is 2.47. The summed E-state index contributed by atoms with van der Waals surface area (Å²) in [6, 6.07) is 9.91. The molecule has 6 nitrogen and oxygen atoms in total. The molecule has 112 valence electrons. The lowest BCUT2D eigenvalue weighted by Crippen LogP contribution is -2.28. The second kappa shape index (κ2) is 5.82. The lowest BCUT2D eigenvalue weighted by molar-refractivity contribution is -0.117. The summed E-state index contributed by atoms with van der Waals surface area (Å²) in [4.78, 5) is 24.1. The first-order valence-electron chi connectivity index (χ1n) is 6.34. The Bertz CT molecular complexity index is 917. The Hall–Kier alpha value is -2.31. The van der Waals surface area contributed by atoms with Crippen molar-refractivity contribution < 1.29 is 4.79 Å². The molecule has 0 bridgehead atoms. The van der Waals surface area contributed by atoms with Gasteiger partial charge in [0.2, 0.25) is 5.91 Å². The van der Waals surface area contributed by atoms with E-state index in [-0.39, 0.29) is 18.1 Å². The number of carbonyl (C=O) groups is 1. The van der Waals surface area contributed by atoms with Crippen LogP contribution < -0.4 is 11.0 Å². The minimum absolute atomic E-state index is 0.194. The van der Waals surface area contributed by atoms with Crippen molar-refractivity contribution in [1.82, 2.24) is 14.2 Å². The number of aromatic nitrogens is 3. The van der Waals surface area contributed by atoms with Crippen LogP contribution in [0.15, 0.2) is 47.4 Å². The van der Waals surface area contributed by atoms with Gasteiger partial charge in [-0.3, -0.25) is 9.20 Å². The van der Waals surface area contributed by atoms with E-state index < -0.39 is 0 Å². The highest BCUT2D eigenvalue weighted by Crippen LogP contribution is 2.24. The number of nitrogens with zero attached hydrogens (tertiary/aromatic N) is 3. The SMILES string of the molecule is O=C(Cn1nc2ccccn2c1=O)Nc1ccc(Cl)c(Cl)c1. The van der Waals surface area contributed by atoms with Gasteiger partial charge >= 0.3 is 5.69 Å². The summed E-state index contributed by atoms with van der Waals surface area (Å²) in [5.41, 5.74) is 0.603. The standard InChI is InChI=1S/C14H10Cl2N4O2/c15-10-5-4-9(7-11(10)16)17-13(21)8-20-14(22)19-6-2-1-3-12(19)18-20/h1-7H,8H2,(H,17,21). The number of rotatable bonds is 3. The highest BCUT2D eigenvalue weighted by atomic mass is 35.5. The number of nitrogens with one attached hydrogen (secondary N) is 1. The van der Waals surface area contributed by atoms with Crippen LogP contribution in [0.4, 0.5) is 5.69 Å². The smallest absolute Gasteiger partial charge is 0.324 e. The van der Waals surface area contributed by atoms with E-state index in [0.717, 1.165) is 4.68 Å². The Morgan fingerprint density at radius 2 is 2.00 bits per heavy atom. The first-order chi connectivity index (χ1) is 10.5. The zero-order valence-corrected chi connectivity index (χ0v) is 12.7. The van der Waals surface area contributed by atoms with E-state index in [9.17, 15) is 9.59 Å². The largest absolute Gasteiger partial charge is 0.350 e. The van der Waals surface area contributed by atoms with Crippen LogP contribution in [0.25, 0.3) is 5.65 Å². The van der Waals surface area contributed by atoms with Crippen molar-refractivity contribution >= 4 is 40.4 Å². The van der Waals surface area contributed by atoms with Crippen LogP contribution in [-0.4, -0.2) is 20.1 Å². The van der Waals surface area contributed by atoms with Gasteiger partial charge in [0.1, 0.15) is 6.54 Å². The van der Waals surface area contributed by atoms with E-state index in [1.165, 1.54) is 10.5 Å². The highest BCUT2D eigenvalue weighted by molar-refractivity contribution is 6.42. The maximum absolute atomic E-state index is 12.1. The van der Waals surface area contributed by atoms with Gasteiger partial charge in [0, 0.05) is 11.9 Å². The Balaban J connectivity index is 1.79. The Morgan fingerprint density at radius 1 is 1.18 bits per heavy atom. The Kier molecular flexibility index (Phi) is 3.87. The molecule has 0 aliphatic carbocycles. The number of anilines is 1. The molecule has 1 aromatic carbocycles. The van der Waals surface area contributed by atoms with E-state index in [2.05, 4.69) is 10.4 Å². The maximum atomic E-state index is 12.1. The molecular formula is C14H10Cl2N4O2. The van der Waals surface area contributed by atoms with Crippen molar-refractivity contribution in [2.75, 3.05) is 5.32 Å². The number of carbonyl (C=O) groups excluding carboxylic acids is 1. The van der Waals surface area contributed by atoms with Crippen molar-refractivity contribution in [3.8, 4) is 0 Å². The molecule has 0 aliphatic heterocycles. The lowest BCUT2D eigenvalue weighted by atomic mass is 10.3. The second-order valence-corrected chi connectivity index (χ2v) is 5.36. The number of amides is 1. The summed E-state index contributed by atoms with van der Waals surface area (Å²) >= 11 is 11.7. The minimum atomic E-state index is -0.385. The zero-order chi connectivity index (χ0) is 15.7. The molecule has 1 N–H and O–H groups in total. The molecule has 0 saturated heterocycles. The van der Waals surface area contributed by atoms with Gasteiger partial charge in [-0.2, -0.15) is 0 Å². The number of hydrogen-bond acceptors (Lipinski definition) is 3. The van der Waals surface area contributed by atoms with Crippen molar-refractivity contribution in [3.05, 3.63) is 63.1 Å². The average molecular weight is 337 g/mol. The molecule has 0 radical (unpaired) electrons. The van der Waals surface area contributed by atoms with Crippen LogP contribution in [0.1, 0.15) is 0 Å². The summed E-state index contributed by atoms with van der Waals surface area (Å²) in [7, 11) is 0. The number of fused-ring (bicyclic) bond motifs is 1. The van der Waals surface area contributed by atoms with Gasteiger partial charge in [0.25, 0.3) is 0 Å². The van der Waals surface area contributed by atoms with Crippen molar-refractivity contribution in [3.63, 3.8) is 0 Å². The summed E-state index contributed by atoms with van der Waals surface area (Å²) in [5, 5.41) is 7.46. The van der Waals surface area contributed by atoms with Gasteiger partial charge in [0.05, 0.1) is 10.0 Å². The third-order valence-corrected chi connectivity index (χ3v) is 3.72. The fourth-order valence-electron chi connectivity index (χ4n) is 1.98. The lowest BCUT2D eigenvalue weighted by Gasteiger charge is -2.05. The Morgan fingerprint density at radius 3 is 2.73 bits per heavy atom. The van der Waals surface area contributed by atoms with Gasteiger partial charge in [-0.05, 0) is 30.3 Å². The molecule has 0 atom stereocenters. The number of benzene rings is 1. The van der Waals surface area contributed by atoms with E-state index in [4.69, 9.17) is 23.2 Å². The quantitative estimate of drug-likeness (QED) is 0.798. The van der Waals surface area contributed by atoms with Crippen LogP contribution in [-0.2, 0) is 11.3 Å². The van der Waals surface area contributed by atoms with Crippen molar-refractivity contribution in [1.29, 1.82) is 0 Å². The van der Waals surface area contributed by atoms with Gasteiger partial charge in [-0.1, -0.05) is 29.3 Å². The zero-order valence-electron chi connectivity index (χ0n) is 11.2. The molecule has 0 fully saturated rings. The number of hydrogen-bond donors (Lipinski definition) is 1. The molecule has 0 unspecified atom stereocenters. The molecule has 3 aromatic rings. The van der Waals surface area contributed by atoms with E-state index in [1.54, 1.807) is 36.5 Å². The fraction of sp³-hybridized carbons (Fsp3) is 0.0714. The van der Waals surface area contributed by atoms with Crippen LogP contribution in [0.2, 0.25) is 10.0 Å². The average Bonchev–Trinajstić information content (AvgIpc) is 2.80. The van der Waals surface area contributed by atoms with Crippen LogP contribution in [0, 0.1) is 0 Å². The third kappa shape index (κ3) is 2.84. The molecule has 0 saturated carbocycles. The van der Waals surface area contributed by atoms with Gasteiger partial charge < -0.3 is 5.32 Å². The van der Waals surface area contributed by atoms with Crippen LogP contribution in [0.5, 0.6) is 0 Å². The molecule has 8 heteroatoms. The minimum Gasteiger partial charge on any atom is -0.324 e. The first kappa shape index (κ1) is 14.6. The highest BCUT2D eigenvalue weighted by Gasteiger charge is 2.11. The second-order valence-electron chi connectivity index (χ2n) is 4.55. The summed E-state index contributed by atoms with van der Waals surface area (Å²) in [5.74, 6) is -0.385. The molecule has 1 amide bonds. The normalized spacial score (nSPS) is 10.8. The van der Waals surface area contributed by atoms with Crippen molar-refractivity contribution in [2.45, 2.75) is 6.54 Å². The summed E-state index contributed by atoms with van der Waals surface area (Å²) in [6.45, 7) is -0.194. The van der Waals surface area contributed by atoms with Gasteiger partial charge in [-0.25, -0.2) is 9.48 Å². The molecule has 3 rings (SSSR count). The van der Waals surface area contributed by atoms with E-state index in [0.29, 0.717) is 21.4 Å². The number of halogens is 2. The predicted octanol–water partition coefficient (Wildman–Crippen LogP) is 2.44. The van der Waals surface area contributed by atoms with Crippen LogP contribution in [0.3, 0.4) is 0 Å².